The zero-order valence-corrected chi connectivity index (χ0v) is 9.58. The summed E-state index contributed by atoms with van der Waals surface area (Å²) in [5.41, 5.74) is 2.38. The summed E-state index contributed by atoms with van der Waals surface area (Å²) in [5.74, 6) is -0.899. The monoisotopic (exact) mass is 237 g/mol. The number of fused-ring (bicyclic) bond motifs is 1. The van der Waals surface area contributed by atoms with Crippen molar-refractivity contribution in [1.29, 1.82) is 0 Å². The third kappa shape index (κ3) is 1.66. The van der Waals surface area contributed by atoms with Crippen molar-refractivity contribution < 1.29 is 9.90 Å². The first-order chi connectivity index (χ1) is 8.75. The fourth-order valence-electron chi connectivity index (χ4n) is 2.09. The molecular formula is C15H11NO2. The maximum atomic E-state index is 10.9. The standard InChI is InChI=1S/C15H11NO2/c17-15(18)12-6-7-14-11(10-12)8-9-16(14)13-4-2-1-3-5-13/h1-10H,(H,17,18). The van der Waals surface area contributed by atoms with Crippen molar-refractivity contribution in [2.75, 3.05) is 0 Å². The number of aromatic carboxylic acids is 1. The zero-order valence-electron chi connectivity index (χ0n) is 9.58. The number of para-hydroxylation sites is 1. The van der Waals surface area contributed by atoms with Gasteiger partial charge in [-0.3, -0.25) is 0 Å². The van der Waals surface area contributed by atoms with Crippen LogP contribution in [-0.4, -0.2) is 15.6 Å². The second-order valence-electron chi connectivity index (χ2n) is 4.10. The van der Waals surface area contributed by atoms with Crippen LogP contribution in [0.25, 0.3) is 16.6 Å². The van der Waals surface area contributed by atoms with Gasteiger partial charge in [-0.05, 0) is 36.4 Å². The lowest BCUT2D eigenvalue weighted by molar-refractivity contribution is 0.0697. The van der Waals surface area contributed by atoms with E-state index < -0.39 is 5.97 Å². The molecule has 18 heavy (non-hydrogen) atoms. The highest BCUT2D eigenvalue weighted by Gasteiger charge is 2.07. The molecule has 0 aliphatic rings. The number of nitrogens with zero attached hydrogens (tertiary/aromatic N) is 1. The average Bonchev–Trinajstić information content (AvgIpc) is 2.82. The van der Waals surface area contributed by atoms with Gasteiger partial charge in [0.2, 0.25) is 0 Å². The molecule has 0 atom stereocenters. The number of carboxylic acids is 1. The normalized spacial score (nSPS) is 10.7. The van der Waals surface area contributed by atoms with Crippen molar-refractivity contribution in [3.8, 4) is 5.69 Å². The molecule has 1 heterocycles. The fraction of sp³-hybridized carbons (Fsp3) is 0. The Bertz CT molecular complexity index is 714. The van der Waals surface area contributed by atoms with Crippen LogP contribution in [0.1, 0.15) is 10.4 Å². The van der Waals surface area contributed by atoms with Crippen LogP contribution < -0.4 is 0 Å². The van der Waals surface area contributed by atoms with E-state index in [1.165, 1.54) is 0 Å². The van der Waals surface area contributed by atoms with Crippen molar-refractivity contribution in [3.05, 3.63) is 66.4 Å². The van der Waals surface area contributed by atoms with Gasteiger partial charge in [-0.2, -0.15) is 0 Å². The fourth-order valence-corrected chi connectivity index (χ4v) is 2.09. The third-order valence-electron chi connectivity index (χ3n) is 2.97. The van der Waals surface area contributed by atoms with Gasteiger partial charge in [0.15, 0.2) is 0 Å². The molecule has 3 rings (SSSR count). The molecule has 3 nitrogen and oxygen atoms in total. The minimum Gasteiger partial charge on any atom is -0.478 e. The number of carbonyl (C=O) groups is 1. The molecule has 0 amide bonds. The molecule has 1 aromatic heterocycles. The molecule has 0 unspecified atom stereocenters. The van der Waals surface area contributed by atoms with Crippen molar-refractivity contribution in [2.24, 2.45) is 0 Å². The van der Waals surface area contributed by atoms with Gasteiger partial charge in [0.25, 0.3) is 0 Å². The average molecular weight is 237 g/mol. The molecule has 0 bridgehead atoms. The van der Waals surface area contributed by atoms with Crippen molar-refractivity contribution in [1.82, 2.24) is 4.57 Å². The van der Waals surface area contributed by atoms with Crippen molar-refractivity contribution in [3.63, 3.8) is 0 Å². The Morgan fingerprint density at radius 1 is 1.00 bits per heavy atom. The van der Waals surface area contributed by atoms with Gasteiger partial charge in [-0.15, -0.1) is 0 Å². The van der Waals surface area contributed by atoms with E-state index in [9.17, 15) is 4.79 Å². The molecule has 0 spiro atoms. The SMILES string of the molecule is O=C(O)c1ccc2c(ccn2-c2ccccc2)c1. The zero-order chi connectivity index (χ0) is 12.5. The molecule has 0 saturated heterocycles. The molecule has 88 valence electrons. The predicted molar refractivity (Wildman–Crippen MR) is 70.2 cm³/mol. The smallest absolute Gasteiger partial charge is 0.335 e. The van der Waals surface area contributed by atoms with Gasteiger partial charge in [0, 0.05) is 17.3 Å². The summed E-state index contributed by atoms with van der Waals surface area (Å²) in [7, 11) is 0. The first kappa shape index (κ1) is 10.6. The lowest BCUT2D eigenvalue weighted by Crippen LogP contribution is -1.96. The molecule has 0 aliphatic carbocycles. The molecule has 0 radical (unpaired) electrons. The Balaban J connectivity index is 2.19. The van der Waals surface area contributed by atoms with Gasteiger partial charge in [0.1, 0.15) is 0 Å². The molecule has 1 N–H and O–H groups in total. The van der Waals surface area contributed by atoms with E-state index in [1.54, 1.807) is 12.1 Å². The summed E-state index contributed by atoms with van der Waals surface area (Å²) >= 11 is 0. The summed E-state index contributed by atoms with van der Waals surface area (Å²) in [6.45, 7) is 0. The number of carboxylic acid groups (broad SMARTS) is 1. The lowest BCUT2D eigenvalue weighted by Gasteiger charge is -2.05. The number of aromatic nitrogens is 1. The van der Waals surface area contributed by atoms with Crippen LogP contribution in [0, 0.1) is 0 Å². The van der Waals surface area contributed by atoms with Crippen LogP contribution in [0.2, 0.25) is 0 Å². The second kappa shape index (κ2) is 4.04. The number of rotatable bonds is 2. The van der Waals surface area contributed by atoms with E-state index in [0.29, 0.717) is 5.56 Å². The van der Waals surface area contributed by atoms with Crippen LogP contribution >= 0.6 is 0 Å². The summed E-state index contributed by atoms with van der Waals surface area (Å²) in [6.07, 6.45) is 1.95. The topological polar surface area (TPSA) is 42.2 Å². The Labute approximate surface area is 104 Å². The van der Waals surface area contributed by atoms with Crippen LogP contribution in [-0.2, 0) is 0 Å². The van der Waals surface area contributed by atoms with E-state index >= 15 is 0 Å². The van der Waals surface area contributed by atoms with E-state index in [0.717, 1.165) is 16.6 Å². The molecule has 0 saturated carbocycles. The van der Waals surface area contributed by atoms with Crippen LogP contribution in [0.5, 0.6) is 0 Å². The number of hydrogen-bond acceptors (Lipinski definition) is 1. The van der Waals surface area contributed by atoms with Crippen molar-refractivity contribution >= 4 is 16.9 Å². The maximum Gasteiger partial charge on any atom is 0.335 e. The second-order valence-corrected chi connectivity index (χ2v) is 4.10. The van der Waals surface area contributed by atoms with E-state index in [1.807, 2.05) is 53.2 Å². The third-order valence-corrected chi connectivity index (χ3v) is 2.97. The van der Waals surface area contributed by atoms with E-state index in [4.69, 9.17) is 5.11 Å². The summed E-state index contributed by atoms with van der Waals surface area (Å²) in [6, 6.07) is 17.0. The quantitative estimate of drug-likeness (QED) is 0.742. The highest BCUT2D eigenvalue weighted by molar-refractivity contribution is 5.94. The number of hydrogen-bond donors (Lipinski definition) is 1. The Kier molecular flexibility index (Phi) is 2.38. The summed E-state index contributed by atoms with van der Waals surface area (Å²) in [5, 5.41) is 9.89. The molecule has 3 aromatic rings. The lowest BCUT2D eigenvalue weighted by atomic mass is 10.1. The van der Waals surface area contributed by atoms with Crippen molar-refractivity contribution in [2.45, 2.75) is 0 Å². The minimum absolute atomic E-state index is 0.313. The van der Waals surface area contributed by atoms with Gasteiger partial charge in [-0.1, -0.05) is 18.2 Å². The summed E-state index contributed by atoms with van der Waals surface area (Å²) < 4.78 is 2.04. The molecule has 0 aliphatic heterocycles. The minimum atomic E-state index is -0.899. The maximum absolute atomic E-state index is 10.9. The Morgan fingerprint density at radius 3 is 2.50 bits per heavy atom. The van der Waals surface area contributed by atoms with Gasteiger partial charge >= 0.3 is 5.97 Å². The Morgan fingerprint density at radius 2 is 1.78 bits per heavy atom. The van der Waals surface area contributed by atoms with Crippen LogP contribution in [0.3, 0.4) is 0 Å². The van der Waals surface area contributed by atoms with E-state index in [-0.39, 0.29) is 0 Å². The van der Waals surface area contributed by atoms with Gasteiger partial charge < -0.3 is 9.67 Å². The van der Waals surface area contributed by atoms with Crippen LogP contribution in [0.4, 0.5) is 0 Å². The highest BCUT2D eigenvalue weighted by Crippen LogP contribution is 2.21. The Hall–Kier alpha value is -2.55. The number of benzene rings is 2. The first-order valence-corrected chi connectivity index (χ1v) is 5.65. The molecule has 3 heteroatoms. The summed E-state index contributed by atoms with van der Waals surface area (Å²) in [4.78, 5) is 10.9. The van der Waals surface area contributed by atoms with Gasteiger partial charge in [-0.25, -0.2) is 4.79 Å². The molecular weight excluding hydrogens is 226 g/mol. The van der Waals surface area contributed by atoms with E-state index in [2.05, 4.69) is 0 Å². The molecule has 2 aromatic carbocycles. The first-order valence-electron chi connectivity index (χ1n) is 5.65. The predicted octanol–water partition coefficient (Wildman–Crippen LogP) is 3.33. The largest absolute Gasteiger partial charge is 0.478 e. The highest BCUT2D eigenvalue weighted by atomic mass is 16.4. The molecule has 0 fully saturated rings. The van der Waals surface area contributed by atoms with Crippen LogP contribution in [0.15, 0.2) is 60.8 Å². The van der Waals surface area contributed by atoms with Gasteiger partial charge in [0.05, 0.1) is 11.1 Å².